The third-order valence-electron chi connectivity index (χ3n) is 5.28. The van der Waals surface area contributed by atoms with Crippen molar-refractivity contribution < 1.29 is 9.53 Å². The van der Waals surface area contributed by atoms with E-state index in [-0.39, 0.29) is 5.91 Å². The van der Waals surface area contributed by atoms with Gasteiger partial charge in [0.25, 0.3) is 0 Å². The summed E-state index contributed by atoms with van der Waals surface area (Å²) in [5.74, 6) is 1.76. The number of para-hydroxylation sites is 1. The summed E-state index contributed by atoms with van der Waals surface area (Å²) >= 11 is 0. The van der Waals surface area contributed by atoms with Crippen molar-refractivity contribution >= 4 is 17.4 Å². The molecule has 152 valence electrons. The number of aromatic nitrogens is 3. The van der Waals surface area contributed by atoms with Crippen molar-refractivity contribution in [2.75, 3.05) is 52.2 Å². The fourth-order valence-electron chi connectivity index (χ4n) is 3.61. The molecule has 2 aromatic heterocycles. The van der Waals surface area contributed by atoms with Crippen LogP contribution < -0.4 is 10.1 Å². The smallest absolute Gasteiger partial charge is 0.224 e. The summed E-state index contributed by atoms with van der Waals surface area (Å²) in [7, 11) is 3.74. The first-order chi connectivity index (χ1) is 14.2. The van der Waals surface area contributed by atoms with Crippen LogP contribution in [0.15, 0.2) is 42.9 Å². The molecule has 1 aromatic carbocycles. The molecule has 1 amide bonds. The normalized spacial score (nSPS) is 14.9. The lowest BCUT2D eigenvalue weighted by Crippen LogP contribution is -2.47. The Labute approximate surface area is 170 Å². The zero-order chi connectivity index (χ0) is 20.2. The van der Waals surface area contributed by atoms with Crippen molar-refractivity contribution in [1.82, 2.24) is 24.2 Å². The molecule has 0 unspecified atom stereocenters. The van der Waals surface area contributed by atoms with Crippen LogP contribution in [0.4, 0.5) is 5.82 Å². The third kappa shape index (κ3) is 4.02. The van der Waals surface area contributed by atoms with Crippen molar-refractivity contribution in [1.29, 1.82) is 0 Å². The van der Waals surface area contributed by atoms with Crippen LogP contribution in [0.2, 0.25) is 0 Å². The highest BCUT2D eigenvalue weighted by Crippen LogP contribution is 2.34. The first kappa shape index (κ1) is 19.2. The monoisotopic (exact) mass is 394 g/mol. The van der Waals surface area contributed by atoms with Gasteiger partial charge in [-0.15, -0.1) is 0 Å². The molecule has 1 aliphatic heterocycles. The zero-order valence-corrected chi connectivity index (χ0v) is 16.8. The number of methoxy groups -OCH3 is 1. The maximum atomic E-state index is 12.6. The summed E-state index contributed by atoms with van der Waals surface area (Å²) in [6, 6.07) is 7.79. The standard InChI is InChI=1S/C21H26N6O2/c1-25-11-13-26(14-12-25)19(28)7-8-23-21-20(16-5-3-4-6-17(16)29-2)24-18-15-22-9-10-27(18)21/h3-6,9-10,15,23H,7-8,11-14H2,1-2H3. The van der Waals surface area contributed by atoms with E-state index in [1.807, 2.05) is 39.8 Å². The summed E-state index contributed by atoms with van der Waals surface area (Å²) in [5, 5.41) is 3.42. The number of carbonyl (C=O) groups is 1. The number of hydrogen-bond acceptors (Lipinski definition) is 6. The zero-order valence-electron chi connectivity index (χ0n) is 16.8. The van der Waals surface area contributed by atoms with E-state index < -0.39 is 0 Å². The lowest BCUT2D eigenvalue weighted by atomic mass is 10.1. The van der Waals surface area contributed by atoms with Crippen LogP contribution in [0.25, 0.3) is 16.9 Å². The largest absolute Gasteiger partial charge is 0.496 e. The number of nitrogens with zero attached hydrogens (tertiary/aromatic N) is 5. The second-order valence-electron chi connectivity index (χ2n) is 7.17. The van der Waals surface area contributed by atoms with E-state index in [0.717, 1.165) is 54.7 Å². The minimum Gasteiger partial charge on any atom is -0.496 e. The second kappa shape index (κ2) is 8.48. The Morgan fingerprint density at radius 1 is 1.21 bits per heavy atom. The number of anilines is 1. The van der Waals surface area contributed by atoms with Gasteiger partial charge in [-0.05, 0) is 19.2 Å². The summed E-state index contributed by atoms with van der Waals surface area (Å²) in [6.07, 6.45) is 5.75. The molecule has 8 nitrogen and oxygen atoms in total. The van der Waals surface area contributed by atoms with Crippen molar-refractivity contribution in [2.24, 2.45) is 0 Å². The molecule has 29 heavy (non-hydrogen) atoms. The summed E-state index contributed by atoms with van der Waals surface area (Å²) in [4.78, 5) is 25.7. The van der Waals surface area contributed by atoms with Crippen molar-refractivity contribution in [3.05, 3.63) is 42.9 Å². The fourth-order valence-corrected chi connectivity index (χ4v) is 3.61. The number of rotatable bonds is 6. The van der Waals surface area contributed by atoms with E-state index in [9.17, 15) is 4.79 Å². The highest BCUT2D eigenvalue weighted by molar-refractivity contribution is 5.81. The van der Waals surface area contributed by atoms with E-state index in [4.69, 9.17) is 9.72 Å². The van der Waals surface area contributed by atoms with E-state index in [0.29, 0.717) is 13.0 Å². The number of ether oxygens (including phenoxy) is 1. The van der Waals surface area contributed by atoms with Gasteiger partial charge in [0.2, 0.25) is 5.91 Å². The molecule has 0 aliphatic carbocycles. The Balaban J connectivity index is 1.54. The average Bonchev–Trinajstić information content (AvgIpc) is 3.12. The number of carbonyl (C=O) groups excluding carboxylic acids is 1. The molecule has 1 N–H and O–H groups in total. The molecule has 0 atom stereocenters. The topological polar surface area (TPSA) is 75.0 Å². The minimum atomic E-state index is 0.180. The number of benzene rings is 1. The number of likely N-dealkylation sites (N-methyl/N-ethyl adjacent to an activating group) is 1. The summed E-state index contributed by atoms with van der Waals surface area (Å²) < 4.78 is 7.48. The van der Waals surface area contributed by atoms with E-state index in [2.05, 4.69) is 22.2 Å². The fraction of sp³-hybridized carbons (Fsp3) is 0.381. The second-order valence-corrected chi connectivity index (χ2v) is 7.17. The van der Waals surface area contributed by atoms with Gasteiger partial charge in [-0.3, -0.25) is 14.2 Å². The highest BCUT2D eigenvalue weighted by atomic mass is 16.5. The number of piperazine rings is 1. The van der Waals surface area contributed by atoms with Crippen molar-refractivity contribution in [2.45, 2.75) is 6.42 Å². The van der Waals surface area contributed by atoms with Crippen LogP contribution in [0.3, 0.4) is 0 Å². The molecule has 1 fully saturated rings. The first-order valence-electron chi connectivity index (χ1n) is 9.83. The summed E-state index contributed by atoms with van der Waals surface area (Å²) in [5.41, 5.74) is 2.41. The van der Waals surface area contributed by atoms with Crippen molar-refractivity contribution in [3.63, 3.8) is 0 Å². The predicted molar refractivity (Wildman–Crippen MR) is 112 cm³/mol. The molecule has 8 heteroatoms. The van der Waals surface area contributed by atoms with Gasteiger partial charge in [0.15, 0.2) is 5.65 Å². The van der Waals surface area contributed by atoms with Crippen LogP contribution in [-0.4, -0.2) is 77.0 Å². The number of amides is 1. The molecule has 0 spiro atoms. The molecule has 0 bridgehead atoms. The van der Waals surface area contributed by atoms with Crippen LogP contribution >= 0.6 is 0 Å². The Morgan fingerprint density at radius 3 is 2.79 bits per heavy atom. The quantitative estimate of drug-likeness (QED) is 0.689. The van der Waals surface area contributed by atoms with Gasteiger partial charge >= 0.3 is 0 Å². The third-order valence-corrected chi connectivity index (χ3v) is 5.28. The molecular formula is C21H26N6O2. The van der Waals surface area contributed by atoms with Crippen molar-refractivity contribution in [3.8, 4) is 17.0 Å². The molecular weight excluding hydrogens is 368 g/mol. The lowest BCUT2D eigenvalue weighted by Gasteiger charge is -2.32. The van der Waals surface area contributed by atoms with Gasteiger partial charge in [0.1, 0.15) is 17.3 Å². The Kier molecular flexibility index (Phi) is 5.62. The van der Waals surface area contributed by atoms with Gasteiger partial charge < -0.3 is 19.9 Å². The van der Waals surface area contributed by atoms with E-state index in [1.54, 1.807) is 19.5 Å². The molecule has 0 saturated carbocycles. The van der Waals surface area contributed by atoms with Crippen LogP contribution in [-0.2, 0) is 4.79 Å². The SMILES string of the molecule is COc1ccccc1-c1nc2cnccn2c1NCCC(=O)N1CCN(C)CC1. The molecule has 1 saturated heterocycles. The lowest BCUT2D eigenvalue weighted by molar-refractivity contribution is -0.132. The van der Waals surface area contributed by atoms with Gasteiger partial charge in [0, 0.05) is 57.1 Å². The van der Waals surface area contributed by atoms with Gasteiger partial charge in [-0.2, -0.15) is 0 Å². The number of imidazole rings is 1. The first-order valence-corrected chi connectivity index (χ1v) is 9.83. The van der Waals surface area contributed by atoms with E-state index >= 15 is 0 Å². The molecule has 3 heterocycles. The molecule has 3 aromatic rings. The van der Waals surface area contributed by atoms with E-state index in [1.165, 1.54) is 0 Å². The minimum absolute atomic E-state index is 0.180. The number of hydrogen-bond donors (Lipinski definition) is 1. The Morgan fingerprint density at radius 2 is 2.00 bits per heavy atom. The van der Waals surface area contributed by atoms with Crippen LogP contribution in [0, 0.1) is 0 Å². The van der Waals surface area contributed by atoms with Gasteiger partial charge in [-0.1, -0.05) is 12.1 Å². The maximum absolute atomic E-state index is 12.6. The number of nitrogens with one attached hydrogen (secondary N) is 1. The average molecular weight is 394 g/mol. The Bertz CT molecular complexity index is 994. The number of fused-ring (bicyclic) bond motifs is 1. The Hall–Kier alpha value is -3.13. The molecule has 1 aliphatic rings. The van der Waals surface area contributed by atoms with Crippen LogP contribution in [0.5, 0.6) is 5.75 Å². The highest BCUT2D eigenvalue weighted by Gasteiger charge is 2.20. The molecule has 4 rings (SSSR count). The van der Waals surface area contributed by atoms with Gasteiger partial charge in [-0.25, -0.2) is 4.98 Å². The molecule has 0 radical (unpaired) electrons. The summed E-state index contributed by atoms with van der Waals surface area (Å²) in [6.45, 7) is 3.98. The maximum Gasteiger partial charge on any atom is 0.224 e. The predicted octanol–water partition coefficient (Wildman–Crippen LogP) is 1.98. The van der Waals surface area contributed by atoms with Gasteiger partial charge in [0.05, 0.1) is 13.3 Å². The van der Waals surface area contributed by atoms with Crippen LogP contribution in [0.1, 0.15) is 6.42 Å².